The van der Waals surface area contributed by atoms with Crippen LogP contribution in [0.5, 0.6) is 0 Å². The van der Waals surface area contributed by atoms with Crippen molar-refractivity contribution in [2.75, 3.05) is 13.1 Å². The van der Waals surface area contributed by atoms with E-state index < -0.39 is 6.10 Å². The van der Waals surface area contributed by atoms with Crippen molar-refractivity contribution in [2.45, 2.75) is 45.3 Å². The molecule has 3 rings (SSSR count). The highest BCUT2D eigenvalue weighted by Gasteiger charge is 2.30. The third kappa shape index (κ3) is 4.24. The molecular weight excluding hydrogens is 350 g/mol. The average Bonchev–Trinajstić information content (AvgIpc) is 3.28. The van der Waals surface area contributed by atoms with Crippen molar-refractivity contribution >= 4 is 17.4 Å². The zero-order chi connectivity index (χ0) is 18.7. The molecule has 1 saturated heterocycles. The molecule has 0 aliphatic carbocycles. The Morgan fingerprint density at radius 2 is 2.15 bits per heavy atom. The second-order valence-corrected chi connectivity index (χ2v) is 8.05. The number of aliphatic hydroxyl groups is 1. The number of carbonyl (C=O) groups is 1. The Balaban J connectivity index is 1.46. The van der Waals surface area contributed by atoms with E-state index in [-0.39, 0.29) is 11.9 Å². The van der Waals surface area contributed by atoms with Gasteiger partial charge in [-0.25, -0.2) is 14.8 Å². The normalized spacial score (nSPS) is 16.9. The molecule has 0 radical (unpaired) electrons. The van der Waals surface area contributed by atoms with Crippen LogP contribution < -0.4 is 5.32 Å². The number of hydrogen-bond acceptors (Lipinski definition) is 5. The lowest BCUT2D eigenvalue weighted by Gasteiger charge is -2.34. The van der Waals surface area contributed by atoms with Gasteiger partial charge >= 0.3 is 6.03 Å². The maximum Gasteiger partial charge on any atom is 0.317 e. The van der Waals surface area contributed by atoms with E-state index in [4.69, 9.17) is 0 Å². The van der Waals surface area contributed by atoms with Crippen molar-refractivity contribution in [1.29, 1.82) is 0 Å². The van der Waals surface area contributed by atoms with E-state index in [1.54, 1.807) is 17.5 Å². The summed E-state index contributed by atoms with van der Waals surface area (Å²) in [7, 11) is 1.89. The van der Waals surface area contributed by atoms with E-state index >= 15 is 0 Å². The topological polar surface area (TPSA) is 83.3 Å². The van der Waals surface area contributed by atoms with E-state index in [9.17, 15) is 9.90 Å². The molecule has 8 heteroatoms. The minimum atomic E-state index is -0.579. The van der Waals surface area contributed by atoms with E-state index in [1.165, 1.54) is 0 Å². The Bertz CT molecular complexity index is 734. The highest BCUT2D eigenvalue weighted by atomic mass is 32.1. The van der Waals surface area contributed by atoms with Crippen LogP contribution in [0.2, 0.25) is 0 Å². The first-order valence-electron chi connectivity index (χ1n) is 9.08. The summed E-state index contributed by atoms with van der Waals surface area (Å²) in [4.78, 5) is 23.0. The number of amides is 2. The standard InChI is InChI=1S/C18H27N5O2S/c1-12(2)17-21-14(11-26-17)10-20-18(25)23-7-4-13(5-8-23)15(24)16-19-6-9-22(16)3/h6,9,11-13,15,24H,4-5,7-8,10H2,1-3H3,(H,20,25)/t15-/m1/s1. The molecule has 0 bridgehead atoms. The van der Waals surface area contributed by atoms with E-state index in [0.29, 0.717) is 31.4 Å². The number of carbonyl (C=O) groups excluding carboxylic acids is 1. The van der Waals surface area contributed by atoms with E-state index in [1.807, 2.05) is 28.1 Å². The molecule has 2 amide bonds. The maximum atomic E-state index is 12.4. The summed E-state index contributed by atoms with van der Waals surface area (Å²) in [5, 5.41) is 16.6. The summed E-state index contributed by atoms with van der Waals surface area (Å²) in [5.74, 6) is 1.23. The molecule has 1 fully saturated rings. The van der Waals surface area contributed by atoms with Gasteiger partial charge in [0.05, 0.1) is 17.2 Å². The molecule has 0 spiro atoms. The Hall–Kier alpha value is -1.93. The first kappa shape index (κ1) is 18.8. The average molecular weight is 378 g/mol. The third-order valence-electron chi connectivity index (χ3n) is 4.88. The summed E-state index contributed by atoms with van der Waals surface area (Å²) in [6.07, 6.45) is 4.50. The van der Waals surface area contributed by atoms with Gasteiger partial charge in [-0.05, 0) is 18.8 Å². The number of imidazole rings is 1. The summed E-state index contributed by atoms with van der Waals surface area (Å²) < 4.78 is 1.85. The Morgan fingerprint density at radius 1 is 1.42 bits per heavy atom. The fourth-order valence-corrected chi connectivity index (χ4v) is 4.07. The van der Waals surface area contributed by atoms with Crippen LogP contribution in [-0.4, -0.2) is 43.7 Å². The van der Waals surface area contributed by atoms with Gasteiger partial charge in [-0.1, -0.05) is 13.8 Å². The van der Waals surface area contributed by atoms with Crippen LogP contribution in [0, 0.1) is 5.92 Å². The van der Waals surface area contributed by atoms with Gasteiger partial charge < -0.3 is 19.9 Å². The number of likely N-dealkylation sites (tertiary alicyclic amines) is 1. The fourth-order valence-electron chi connectivity index (χ4n) is 3.24. The molecule has 26 heavy (non-hydrogen) atoms. The van der Waals surface area contributed by atoms with Crippen LogP contribution >= 0.6 is 11.3 Å². The lowest BCUT2D eigenvalue weighted by atomic mass is 9.91. The van der Waals surface area contributed by atoms with Crippen molar-refractivity contribution < 1.29 is 9.90 Å². The van der Waals surface area contributed by atoms with Crippen LogP contribution in [0.3, 0.4) is 0 Å². The molecule has 0 aromatic carbocycles. The first-order valence-corrected chi connectivity index (χ1v) is 9.96. The molecule has 142 valence electrons. The van der Waals surface area contributed by atoms with Crippen molar-refractivity contribution in [3.05, 3.63) is 34.3 Å². The molecule has 0 unspecified atom stereocenters. The molecule has 3 heterocycles. The second kappa shape index (κ2) is 8.18. The van der Waals surface area contributed by atoms with Crippen LogP contribution in [0.4, 0.5) is 4.79 Å². The molecule has 1 aliphatic heterocycles. The van der Waals surface area contributed by atoms with Gasteiger partial charge in [-0.15, -0.1) is 11.3 Å². The Morgan fingerprint density at radius 3 is 2.73 bits per heavy atom. The first-order chi connectivity index (χ1) is 12.5. The predicted octanol–water partition coefficient (Wildman–Crippen LogP) is 2.66. The van der Waals surface area contributed by atoms with Crippen LogP contribution in [0.1, 0.15) is 55.2 Å². The summed E-state index contributed by atoms with van der Waals surface area (Å²) in [6, 6.07) is -0.0611. The quantitative estimate of drug-likeness (QED) is 0.839. The number of nitrogens with one attached hydrogen (secondary N) is 1. The zero-order valence-corrected chi connectivity index (χ0v) is 16.4. The molecule has 2 N–H and O–H groups in total. The van der Waals surface area contributed by atoms with Gasteiger partial charge in [0.1, 0.15) is 11.9 Å². The number of rotatable bonds is 5. The molecule has 1 atom stereocenters. The van der Waals surface area contributed by atoms with Gasteiger partial charge in [-0.3, -0.25) is 0 Å². The van der Waals surface area contributed by atoms with Gasteiger partial charge in [0.15, 0.2) is 0 Å². The van der Waals surface area contributed by atoms with Crippen LogP contribution in [0.25, 0.3) is 0 Å². The van der Waals surface area contributed by atoms with Crippen molar-refractivity contribution in [3.63, 3.8) is 0 Å². The van der Waals surface area contributed by atoms with E-state index in [0.717, 1.165) is 23.5 Å². The number of thiazole rings is 1. The smallest absolute Gasteiger partial charge is 0.317 e. The number of piperidine rings is 1. The molecule has 0 saturated carbocycles. The minimum Gasteiger partial charge on any atom is -0.385 e. The Kier molecular flexibility index (Phi) is 5.93. The van der Waals surface area contributed by atoms with Gasteiger partial charge in [-0.2, -0.15) is 0 Å². The number of aromatic nitrogens is 3. The predicted molar refractivity (Wildman–Crippen MR) is 101 cm³/mol. The number of aryl methyl sites for hydroxylation is 1. The minimum absolute atomic E-state index is 0.0611. The number of nitrogens with zero attached hydrogens (tertiary/aromatic N) is 4. The van der Waals surface area contributed by atoms with Crippen LogP contribution in [-0.2, 0) is 13.6 Å². The Labute approximate surface area is 158 Å². The fraction of sp³-hybridized carbons (Fsp3) is 0.611. The highest BCUT2D eigenvalue weighted by molar-refractivity contribution is 7.09. The lowest BCUT2D eigenvalue weighted by Crippen LogP contribution is -2.45. The van der Waals surface area contributed by atoms with Gasteiger partial charge in [0.2, 0.25) is 0 Å². The molecule has 2 aromatic rings. The van der Waals surface area contributed by atoms with E-state index in [2.05, 4.69) is 29.1 Å². The number of aliphatic hydroxyl groups excluding tert-OH is 1. The lowest BCUT2D eigenvalue weighted by molar-refractivity contribution is 0.0584. The van der Waals surface area contributed by atoms with Crippen LogP contribution in [0.15, 0.2) is 17.8 Å². The van der Waals surface area contributed by atoms with Gasteiger partial charge in [0.25, 0.3) is 0 Å². The molecular formula is C18H27N5O2S. The maximum absolute atomic E-state index is 12.4. The summed E-state index contributed by atoms with van der Waals surface area (Å²) >= 11 is 1.64. The molecule has 2 aromatic heterocycles. The second-order valence-electron chi connectivity index (χ2n) is 7.16. The SMILES string of the molecule is CC(C)c1nc(CNC(=O)N2CCC([C@@H](O)c3nccn3C)CC2)cs1. The third-order valence-corrected chi connectivity index (χ3v) is 6.07. The molecule has 7 nitrogen and oxygen atoms in total. The monoisotopic (exact) mass is 377 g/mol. The van der Waals surface area contributed by atoms with Gasteiger partial charge in [0, 0.05) is 43.8 Å². The zero-order valence-electron chi connectivity index (χ0n) is 15.6. The van der Waals surface area contributed by atoms with Crippen molar-refractivity contribution in [1.82, 2.24) is 24.8 Å². The summed E-state index contributed by atoms with van der Waals surface area (Å²) in [6.45, 7) is 5.98. The largest absolute Gasteiger partial charge is 0.385 e. The molecule has 1 aliphatic rings. The number of urea groups is 1. The summed E-state index contributed by atoms with van der Waals surface area (Å²) in [5.41, 5.74) is 0.909. The highest BCUT2D eigenvalue weighted by Crippen LogP contribution is 2.29. The van der Waals surface area contributed by atoms with Crippen molar-refractivity contribution in [2.24, 2.45) is 13.0 Å². The number of hydrogen-bond donors (Lipinski definition) is 2. The van der Waals surface area contributed by atoms with Crippen molar-refractivity contribution in [3.8, 4) is 0 Å².